The molecule has 108 valence electrons. The van der Waals surface area contributed by atoms with Gasteiger partial charge in [-0.15, -0.1) is 0 Å². The summed E-state index contributed by atoms with van der Waals surface area (Å²) in [5.41, 5.74) is 2.66. The van der Waals surface area contributed by atoms with Gasteiger partial charge in [0.1, 0.15) is 0 Å². The number of aliphatic hydroxyl groups is 1. The summed E-state index contributed by atoms with van der Waals surface area (Å²) >= 11 is 0. The molecule has 1 heterocycles. The van der Waals surface area contributed by atoms with Crippen LogP contribution >= 0.6 is 0 Å². The Morgan fingerprint density at radius 3 is 2.85 bits per heavy atom. The first-order valence-corrected chi connectivity index (χ1v) is 7.53. The number of carbonyl (C=O) groups excluding carboxylic acids is 1. The minimum atomic E-state index is -0.398. The maximum atomic E-state index is 12.4. The molecule has 3 rings (SSSR count). The first kappa shape index (κ1) is 13.4. The third-order valence-electron chi connectivity index (χ3n) is 4.55. The minimum Gasteiger partial charge on any atom is -0.394 e. The molecule has 1 aromatic rings. The maximum Gasteiger partial charge on any atom is 0.251 e. The number of hydrogen-bond donors (Lipinski definition) is 3. The van der Waals surface area contributed by atoms with Crippen LogP contribution in [0, 0.1) is 0 Å². The molecule has 4 heteroatoms. The van der Waals surface area contributed by atoms with E-state index in [1.807, 2.05) is 18.2 Å². The van der Waals surface area contributed by atoms with Gasteiger partial charge in [0.25, 0.3) is 5.91 Å². The van der Waals surface area contributed by atoms with E-state index in [1.165, 1.54) is 5.56 Å². The number of anilines is 1. The van der Waals surface area contributed by atoms with Gasteiger partial charge in [-0.3, -0.25) is 4.79 Å². The number of hydrogen-bond acceptors (Lipinski definition) is 3. The van der Waals surface area contributed by atoms with E-state index >= 15 is 0 Å². The molecule has 1 aliphatic heterocycles. The predicted octanol–water partition coefficient (Wildman–Crippen LogP) is 2.08. The van der Waals surface area contributed by atoms with Gasteiger partial charge >= 0.3 is 0 Å². The largest absolute Gasteiger partial charge is 0.394 e. The van der Waals surface area contributed by atoms with E-state index in [1.54, 1.807) is 0 Å². The van der Waals surface area contributed by atoms with Crippen molar-refractivity contribution >= 4 is 11.6 Å². The fourth-order valence-electron chi connectivity index (χ4n) is 3.30. The Kier molecular flexibility index (Phi) is 3.66. The van der Waals surface area contributed by atoms with Crippen molar-refractivity contribution in [2.24, 2.45) is 0 Å². The third-order valence-corrected chi connectivity index (χ3v) is 4.55. The first-order chi connectivity index (χ1) is 9.72. The van der Waals surface area contributed by atoms with Crippen LogP contribution in [0.1, 0.15) is 48.0 Å². The van der Waals surface area contributed by atoms with Gasteiger partial charge in [0.15, 0.2) is 0 Å². The molecule has 0 unspecified atom stereocenters. The molecular weight excluding hydrogens is 252 g/mol. The van der Waals surface area contributed by atoms with E-state index in [-0.39, 0.29) is 12.5 Å². The van der Waals surface area contributed by atoms with Gasteiger partial charge in [-0.25, -0.2) is 0 Å². The summed E-state index contributed by atoms with van der Waals surface area (Å²) in [6, 6.07) is 5.84. The van der Waals surface area contributed by atoms with Gasteiger partial charge < -0.3 is 15.7 Å². The summed E-state index contributed by atoms with van der Waals surface area (Å²) in [7, 11) is 0. The molecule has 0 bridgehead atoms. The average Bonchev–Trinajstić information content (AvgIpc) is 2.96. The smallest absolute Gasteiger partial charge is 0.251 e. The van der Waals surface area contributed by atoms with Crippen molar-refractivity contribution in [3.63, 3.8) is 0 Å². The van der Waals surface area contributed by atoms with Gasteiger partial charge in [0.2, 0.25) is 0 Å². The molecule has 0 spiro atoms. The van der Waals surface area contributed by atoms with Crippen LogP contribution in [0.15, 0.2) is 18.2 Å². The van der Waals surface area contributed by atoms with E-state index in [2.05, 4.69) is 10.6 Å². The Labute approximate surface area is 119 Å². The summed E-state index contributed by atoms with van der Waals surface area (Å²) in [6.45, 7) is 1.04. The zero-order valence-corrected chi connectivity index (χ0v) is 11.7. The molecule has 0 saturated heterocycles. The molecule has 3 N–H and O–H groups in total. The number of carbonyl (C=O) groups is 1. The molecular formula is C16H22N2O2. The summed E-state index contributed by atoms with van der Waals surface area (Å²) in [5.74, 6) is -0.0608. The van der Waals surface area contributed by atoms with Crippen molar-refractivity contribution in [3.8, 4) is 0 Å². The lowest BCUT2D eigenvalue weighted by molar-refractivity contribution is 0.0838. The number of nitrogens with one attached hydrogen (secondary N) is 2. The van der Waals surface area contributed by atoms with Crippen LogP contribution in [-0.2, 0) is 6.42 Å². The van der Waals surface area contributed by atoms with Crippen molar-refractivity contribution in [1.29, 1.82) is 0 Å². The van der Waals surface area contributed by atoms with Crippen LogP contribution in [0.4, 0.5) is 5.69 Å². The number of fused-ring (bicyclic) bond motifs is 1. The summed E-state index contributed by atoms with van der Waals surface area (Å²) in [5, 5.41) is 16.0. The molecule has 4 nitrogen and oxygen atoms in total. The van der Waals surface area contributed by atoms with Crippen LogP contribution < -0.4 is 10.6 Å². The maximum absolute atomic E-state index is 12.4. The topological polar surface area (TPSA) is 61.4 Å². The van der Waals surface area contributed by atoms with E-state index < -0.39 is 5.54 Å². The average molecular weight is 274 g/mol. The van der Waals surface area contributed by atoms with Gasteiger partial charge in [-0.05, 0) is 49.4 Å². The zero-order chi connectivity index (χ0) is 14.0. The Bertz CT molecular complexity index is 507. The first-order valence-electron chi connectivity index (χ1n) is 7.53. The highest BCUT2D eigenvalue weighted by molar-refractivity contribution is 5.95. The number of aryl methyl sites for hydroxylation is 1. The van der Waals surface area contributed by atoms with Crippen LogP contribution in [-0.4, -0.2) is 29.7 Å². The van der Waals surface area contributed by atoms with E-state index in [0.29, 0.717) is 5.56 Å². The highest BCUT2D eigenvalue weighted by Gasteiger charge is 2.34. The Balaban J connectivity index is 1.77. The normalized spacial score (nSPS) is 20.1. The van der Waals surface area contributed by atoms with Crippen molar-refractivity contribution < 1.29 is 9.90 Å². The quantitative estimate of drug-likeness (QED) is 0.791. The van der Waals surface area contributed by atoms with E-state index in [4.69, 9.17) is 0 Å². The monoisotopic (exact) mass is 274 g/mol. The number of benzene rings is 1. The Morgan fingerprint density at radius 1 is 1.30 bits per heavy atom. The highest BCUT2D eigenvalue weighted by Crippen LogP contribution is 2.30. The molecule has 0 radical (unpaired) electrons. The molecule has 1 amide bonds. The Hall–Kier alpha value is -1.55. The van der Waals surface area contributed by atoms with Gasteiger partial charge in [0.05, 0.1) is 12.1 Å². The molecule has 1 saturated carbocycles. The van der Waals surface area contributed by atoms with Gasteiger partial charge in [0, 0.05) is 17.8 Å². The lowest BCUT2D eigenvalue weighted by Gasteiger charge is -2.28. The minimum absolute atomic E-state index is 0.0330. The van der Waals surface area contributed by atoms with Crippen LogP contribution in [0.5, 0.6) is 0 Å². The molecule has 0 atom stereocenters. The number of amides is 1. The fraction of sp³-hybridized carbons (Fsp3) is 0.562. The summed E-state index contributed by atoms with van der Waals surface area (Å²) < 4.78 is 0. The molecule has 1 aliphatic carbocycles. The second-order valence-corrected chi connectivity index (χ2v) is 6.00. The molecule has 1 aromatic carbocycles. The fourth-order valence-corrected chi connectivity index (χ4v) is 3.30. The SMILES string of the molecule is O=C(NC1(CO)CCCC1)c1ccc2c(c1)CCCN2. The molecule has 1 fully saturated rings. The van der Waals surface area contributed by atoms with Gasteiger partial charge in [-0.2, -0.15) is 0 Å². The van der Waals surface area contributed by atoms with Crippen molar-refractivity contribution in [3.05, 3.63) is 29.3 Å². The lowest BCUT2D eigenvalue weighted by atomic mass is 9.97. The lowest BCUT2D eigenvalue weighted by Crippen LogP contribution is -2.49. The number of aliphatic hydroxyl groups excluding tert-OH is 1. The molecule has 2 aliphatic rings. The van der Waals surface area contributed by atoms with E-state index in [9.17, 15) is 9.90 Å². The standard InChI is InChI=1S/C16H22N2O2/c19-11-16(7-1-2-8-16)18-15(20)13-5-6-14-12(10-13)4-3-9-17-14/h5-6,10,17,19H,1-4,7-9,11H2,(H,18,20). The summed E-state index contributed by atoms with van der Waals surface area (Å²) in [6.07, 6.45) is 6.04. The van der Waals surface area contributed by atoms with Gasteiger partial charge in [-0.1, -0.05) is 12.8 Å². The zero-order valence-electron chi connectivity index (χ0n) is 11.7. The second kappa shape index (κ2) is 5.44. The molecule has 0 aromatic heterocycles. The second-order valence-electron chi connectivity index (χ2n) is 6.00. The number of rotatable bonds is 3. The Morgan fingerprint density at radius 2 is 2.10 bits per heavy atom. The van der Waals surface area contributed by atoms with Crippen molar-refractivity contribution in [1.82, 2.24) is 5.32 Å². The summed E-state index contributed by atoms with van der Waals surface area (Å²) in [4.78, 5) is 12.4. The predicted molar refractivity (Wildman–Crippen MR) is 79.0 cm³/mol. The van der Waals surface area contributed by atoms with Crippen LogP contribution in [0.3, 0.4) is 0 Å². The highest BCUT2D eigenvalue weighted by atomic mass is 16.3. The van der Waals surface area contributed by atoms with Crippen LogP contribution in [0.25, 0.3) is 0 Å². The van der Waals surface area contributed by atoms with E-state index in [0.717, 1.165) is 50.8 Å². The molecule has 20 heavy (non-hydrogen) atoms. The van der Waals surface area contributed by atoms with Crippen LogP contribution in [0.2, 0.25) is 0 Å². The third kappa shape index (κ3) is 2.52. The van der Waals surface area contributed by atoms with Crippen molar-refractivity contribution in [2.45, 2.75) is 44.1 Å². The van der Waals surface area contributed by atoms with Crippen molar-refractivity contribution in [2.75, 3.05) is 18.5 Å².